The highest BCUT2D eigenvalue weighted by atomic mass is 35.5. The summed E-state index contributed by atoms with van der Waals surface area (Å²) in [6.45, 7) is 0.616. The summed E-state index contributed by atoms with van der Waals surface area (Å²) in [7, 11) is 0. The summed E-state index contributed by atoms with van der Waals surface area (Å²) in [5.41, 5.74) is 0.981. The van der Waals surface area contributed by atoms with E-state index in [1.807, 2.05) is 17.6 Å². The van der Waals surface area contributed by atoms with Gasteiger partial charge in [-0.3, -0.25) is 4.79 Å². The van der Waals surface area contributed by atoms with E-state index in [2.05, 4.69) is 10.1 Å². The molecular weight excluding hydrogens is 274 g/mol. The number of hydrogen-bond acceptors (Lipinski definition) is 4. The molecule has 7 heteroatoms. The van der Waals surface area contributed by atoms with Crippen LogP contribution in [-0.4, -0.2) is 21.2 Å². The van der Waals surface area contributed by atoms with Crippen molar-refractivity contribution in [3.8, 4) is 10.6 Å². The number of thiazole rings is 1. The van der Waals surface area contributed by atoms with E-state index in [1.165, 1.54) is 0 Å². The molecule has 0 aliphatic heterocycles. The maximum absolute atomic E-state index is 10.4. The third-order valence-electron chi connectivity index (χ3n) is 2.23. The highest BCUT2D eigenvalue weighted by molar-refractivity contribution is 7.13. The number of halogens is 1. The fourth-order valence-corrected chi connectivity index (χ4v) is 2.03. The molecule has 0 bridgehead atoms. The van der Waals surface area contributed by atoms with Gasteiger partial charge in [0, 0.05) is 29.6 Å². The minimum absolute atomic E-state index is 0. The molecule has 0 radical (unpaired) electrons. The van der Waals surface area contributed by atoms with Gasteiger partial charge in [0.15, 0.2) is 12.7 Å². The molecule has 0 aliphatic carbocycles. The largest absolute Gasteiger partial charge is 1.00 e. The molecule has 0 aromatic carbocycles. The van der Waals surface area contributed by atoms with Crippen LogP contribution in [-0.2, 0) is 11.3 Å². The molecule has 5 nitrogen and oxygen atoms in total. The van der Waals surface area contributed by atoms with Gasteiger partial charge in [-0.25, -0.2) is 4.98 Å². The second-order valence-electron chi connectivity index (χ2n) is 3.51. The van der Waals surface area contributed by atoms with E-state index in [9.17, 15) is 4.79 Å². The number of aryl methyl sites for hydroxylation is 1. The lowest BCUT2D eigenvalue weighted by atomic mass is 10.3. The number of carbonyl (C=O) groups is 1. The van der Waals surface area contributed by atoms with Gasteiger partial charge in [-0.1, -0.05) is 4.68 Å². The Morgan fingerprint density at radius 1 is 1.50 bits per heavy atom. The first-order valence-electron chi connectivity index (χ1n) is 5.23. The molecular formula is C11H12ClN3O2S. The first-order chi connectivity index (χ1) is 8.25. The van der Waals surface area contributed by atoms with Crippen LogP contribution in [0.5, 0.6) is 0 Å². The Hall–Kier alpha value is -1.53. The predicted molar refractivity (Wildman–Crippen MR) is 62.4 cm³/mol. The Morgan fingerprint density at radius 3 is 2.89 bits per heavy atom. The van der Waals surface area contributed by atoms with Crippen molar-refractivity contribution in [2.45, 2.75) is 19.4 Å². The second kappa shape index (κ2) is 7.03. The first-order valence-corrected chi connectivity index (χ1v) is 6.11. The summed E-state index contributed by atoms with van der Waals surface area (Å²) >= 11 is 1.57. The van der Waals surface area contributed by atoms with Crippen molar-refractivity contribution >= 4 is 17.3 Å². The summed E-state index contributed by atoms with van der Waals surface area (Å²) in [5.74, 6) is -0.773. The van der Waals surface area contributed by atoms with Crippen LogP contribution >= 0.6 is 11.3 Å². The highest BCUT2D eigenvalue weighted by Crippen LogP contribution is 2.18. The van der Waals surface area contributed by atoms with Gasteiger partial charge in [-0.2, -0.15) is 0 Å². The molecule has 1 N–H and O–H groups in total. The maximum Gasteiger partial charge on any atom is 0.303 e. The lowest BCUT2D eigenvalue weighted by Gasteiger charge is -1.95. The van der Waals surface area contributed by atoms with Crippen LogP contribution in [0, 0.1) is 0 Å². The Bertz CT molecular complexity index is 487. The van der Waals surface area contributed by atoms with Gasteiger partial charge in [0.1, 0.15) is 11.2 Å². The van der Waals surface area contributed by atoms with E-state index in [0.29, 0.717) is 13.0 Å². The number of aromatic nitrogens is 3. The van der Waals surface area contributed by atoms with Crippen LogP contribution in [0.3, 0.4) is 0 Å². The van der Waals surface area contributed by atoms with Crippen LogP contribution in [0.2, 0.25) is 0 Å². The van der Waals surface area contributed by atoms with Gasteiger partial charge in [-0.05, 0) is 5.10 Å². The Morgan fingerprint density at radius 2 is 2.33 bits per heavy atom. The summed E-state index contributed by atoms with van der Waals surface area (Å²) in [6.07, 6.45) is 6.11. The quantitative estimate of drug-likeness (QED) is 0.670. The Balaban J connectivity index is 0.00000162. The van der Waals surface area contributed by atoms with Crippen molar-refractivity contribution in [1.29, 1.82) is 0 Å². The Kier molecular flexibility index (Phi) is 5.67. The molecule has 0 fully saturated rings. The standard InChI is InChI=1S/C11H11N3O2S.ClH/c15-10(16)2-1-5-14-6-3-9(8-13-14)11-12-4-7-17-11;/h3-4,6-8H,1-2,5H2;1H. The SMILES string of the molecule is O=C(O)CCC[n+]1ccc(-c2nccs2)cn1.[Cl-]. The number of nitrogens with zero attached hydrogens (tertiary/aromatic N) is 3. The fourth-order valence-electron chi connectivity index (χ4n) is 1.40. The molecule has 0 aliphatic rings. The lowest BCUT2D eigenvalue weighted by molar-refractivity contribution is -0.754. The zero-order chi connectivity index (χ0) is 12.1. The minimum atomic E-state index is -0.773. The van der Waals surface area contributed by atoms with Gasteiger partial charge in [-0.15, -0.1) is 11.3 Å². The van der Waals surface area contributed by atoms with Gasteiger partial charge in [0.2, 0.25) is 0 Å². The fraction of sp³-hybridized carbons (Fsp3) is 0.273. The normalized spacial score (nSPS) is 9.78. The van der Waals surface area contributed by atoms with Crippen LogP contribution in [0.15, 0.2) is 30.0 Å². The molecule has 0 saturated carbocycles. The number of carboxylic acids is 1. The zero-order valence-corrected chi connectivity index (χ0v) is 11.1. The van der Waals surface area contributed by atoms with Crippen molar-refractivity contribution in [3.63, 3.8) is 0 Å². The van der Waals surface area contributed by atoms with Crippen LogP contribution < -0.4 is 17.1 Å². The number of aliphatic carboxylic acids is 1. The van der Waals surface area contributed by atoms with Crippen molar-refractivity contribution < 1.29 is 27.0 Å². The van der Waals surface area contributed by atoms with Crippen LogP contribution in [0.4, 0.5) is 0 Å². The molecule has 0 amide bonds. The average molecular weight is 286 g/mol. The van der Waals surface area contributed by atoms with Gasteiger partial charge in [0.05, 0.1) is 6.42 Å². The van der Waals surface area contributed by atoms with E-state index in [4.69, 9.17) is 5.11 Å². The van der Waals surface area contributed by atoms with Gasteiger partial charge < -0.3 is 17.5 Å². The third-order valence-corrected chi connectivity index (χ3v) is 3.05. The van der Waals surface area contributed by atoms with Gasteiger partial charge in [0.25, 0.3) is 0 Å². The van der Waals surface area contributed by atoms with Crippen molar-refractivity contribution in [2.75, 3.05) is 0 Å². The van der Waals surface area contributed by atoms with Crippen LogP contribution in [0.1, 0.15) is 12.8 Å². The molecule has 0 spiro atoms. The lowest BCUT2D eigenvalue weighted by Crippen LogP contribution is -3.00. The van der Waals surface area contributed by atoms with Crippen molar-refractivity contribution in [1.82, 2.24) is 10.1 Å². The summed E-state index contributed by atoms with van der Waals surface area (Å²) in [6, 6.07) is 1.94. The number of hydrogen-bond donors (Lipinski definition) is 1. The van der Waals surface area contributed by atoms with E-state index < -0.39 is 5.97 Å². The maximum atomic E-state index is 10.4. The van der Waals surface area contributed by atoms with E-state index >= 15 is 0 Å². The minimum Gasteiger partial charge on any atom is -1.00 e. The van der Waals surface area contributed by atoms with E-state index in [1.54, 1.807) is 28.4 Å². The second-order valence-corrected chi connectivity index (χ2v) is 4.41. The molecule has 0 atom stereocenters. The Labute approximate surface area is 115 Å². The molecule has 0 saturated heterocycles. The highest BCUT2D eigenvalue weighted by Gasteiger charge is 2.07. The van der Waals surface area contributed by atoms with Crippen molar-refractivity contribution in [2.24, 2.45) is 0 Å². The van der Waals surface area contributed by atoms with Crippen molar-refractivity contribution in [3.05, 3.63) is 30.0 Å². The summed E-state index contributed by atoms with van der Waals surface area (Å²) in [5, 5.41) is 15.6. The summed E-state index contributed by atoms with van der Waals surface area (Å²) in [4.78, 5) is 14.6. The monoisotopic (exact) mass is 285 g/mol. The first kappa shape index (κ1) is 14.5. The van der Waals surface area contributed by atoms with Gasteiger partial charge >= 0.3 is 5.97 Å². The molecule has 18 heavy (non-hydrogen) atoms. The van der Waals surface area contributed by atoms with E-state index in [0.717, 1.165) is 10.6 Å². The third kappa shape index (κ3) is 4.05. The predicted octanol–water partition coefficient (Wildman–Crippen LogP) is -1.64. The number of rotatable bonds is 5. The number of carboxylic acid groups (broad SMARTS) is 1. The molecule has 2 heterocycles. The molecule has 2 aromatic rings. The average Bonchev–Trinajstić information content (AvgIpc) is 2.83. The van der Waals surface area contributed by atoms with Crippen LogP contribution in [0.25, 0.3) is 10.6 Å². The smallest absolute Gasteiger partial charge is 0.303 e. The zero-order valence-electron chi connectivity index (χ0n) is 9.49. The summed E-state index contributed by atoms with van der Waals surface area (Å²) < 4.78 is 1.74. The molecule has 2 rings (SSSR count). The molecule has 0 unspecified atom stereocenters. The molecule has 2 aromatic heterocycles. The van der Waals surface area contributed by atoms with E-state index in [-0.39, 0.29) is 18.8 Å². The topological polar surface area (TPSA) is 67.0 Å². The molecule has 96 valence electrons.